The lowest BCUT2D eigenvalue weighted by Gasteiger charge is -2.12. The maximum Gasteiger partial charge on any atom is 0.262 e. The van der Waals surface area contributed by atoms with E-state index in [1.54, 1.807) is 40.9 Å². The molecule has 4 aromatic rings. The van der Waals surface area contributed by atoms with Crippen LogP contribution in [0.25, 0.3) is 20.3 Å². The number of anilines is 1. The summed E-state index contributed by atoms with van der Waals surface area (Å²) in [7, 11) is 0. The monoisotopic (exact) mass is 473 g/mol. The standard InChI is InChI=1S/C22H20ClN3O3S2/c1-11(2)24-22(28)13-4-5-15(23)16(8-13)26-19(27)10-29-17-9-18-20(25-12(3)31-18)21-14(17)6-7-30-21/h4-9,11H,10H2,1-3H3,(H,24,28)(H,26,27). The van der Waals surface area contributed by atoms with Crippen LogP contribution in [0.3, 0.4) is 0 Å². The number of nitrogens with one attached hydrogen (secondary N) is 2. The molecule has 160 valence electrons. The molecule has 0 saturated carbocycles. The van der Waals surface area contributed by atoms with Crippen LogP contribution in [-0.2, 0) is 4.79 Å². The highest BCUT2D eigenvalue weighted by Gasteiger charge is 2.15. The third-order valence-electron chi connectivity index (χ3n) is 4.45. The molecule has 9 heteroatoms. The first-order chi connectivity index (χ1) is 14.8. The minimum Gasteiger partial charge on any atom is -0.483 e. The van der Waals surface area contributed by atoms with Crippen molar-refractivity contribution in [3.8, 4) is 5.75 Å². The number of carbonyl (C=O) groups excluding carboxylic acids is 2. The minimum atomic E-state index is -0.368. The van der Waals surface area contributed by atoms with Crippen LogP contribution in [0.15, 0.2) is 35.7 Å². The zero-order valence-corrected chi connectivity index (χ0v) is 19.5. The van der Waals surface area contributed by atoms with E-state index in [0.29, 0.717) is 22.0 Å². The molecule has 2 N–H and O–H groups in total. The molecule has 2 amide bonds. The quantitative estimate of drug-likeness (QED) is 0.380. The lowest BCUT2D eigenvalue weighted by molar-refractivity contribution is -0.118. The molecule has 2 heterocycles. The van der Waals surface area contributed by atoms with E-state index in [2.05, 4.69) is 15.6 Å². The fraction of sp³-hybridized carbons (Fsp3) is 0.227. The molecule has 0 atom stereocenters. The van der Waals surface area contributed by atoms with Crippen LogP contribution < -0.4 is 15.4 Å². The van der Waals surface area contributed by atoms with Gasteiger partial charge in [0.15, 0.2) is 6.61 Å². The van der Waals surface area contributed by atoms with Crippen LogP contribution >= 0.6 is 34.3 Å². The summed E-state index contributed by atoms with van der Waals surface area (Å²) < 4.78 is 7.92. The SMILES string of the molecule is Cc1nc2c(cc(OCC(=O)Nc3cc(C(=O)NC(C)C)ccc3Cl)c3ccsc32)s1. The number of halogens is 1. The molecule has 0 aliphatic rings. The Morgan fingerprint density at radius 2 is 2.03 bits per heavy atom. The Labute approximate surface area is 192 Å². The number of ether oxygens (including phenoxy) is 1. The first kappa shape index (κ1) is 21.5. The normalized spacial score (nSPS) is 11.3. The third-order valence-corrected chi connectivity index (χ3v) is 6.62. The van der Waals surface area contributed by atoms with Gasteiger partial charge in [0.2, 0.25) is 0 Å². The molecule has 2 aromatic heterocycles. The van der Waals surface area contributed by atoms with Crippen molar-refractivity contribution in [1.29, 1.82) is 0 Å². The van der Waals surface area contributed by atoms with Crippen molar-refractivity contribution in [3.63, 3.8) is 0 Å². The number of amides is 2. The van der Waals surface area contributed by atoms with Crippen molar-refractivity contribution in [2.24, 2.45) is 0 Å². The fourth-order valence-corrected chi connectivity index (χ4v) is 5.14. The van der Waals surface area contributed by atoms with Crippen molar-refractivity contribution in [3.05, 3.63) is 51.3 Å². The Hall–Kier alpha value is -2.68. The summed E-state index contributed by atoms with van der Waals surface area (Å²) in [5.74, 6) is 0.0393. The number of thiazole rings is 1. The van der Waals surface area contributed by atoms with E-state index in [1.165, 1.54) is 0 Å². The first-order valence-electron chi connectivity index (χ1n) is 9.62. The van der Waals surface area contributed by atoms with E-state index >= 15 is 0 Å². The van der Waals surface area contributed by atoms with Crippen molar-refractivity contribution < 1.29 is 14.3 Å². The van der Waals surface area contributed by atoms with Gasteiger partial charge in [-0.3, -0.25) is 9.59 Å². The van der Waals surface area contributed by atoms with Gasteiger partial charge < -0.3 is 15.4 Å². The molecule has 0 aliphatic carbocycles. The number of hydrogen-bond acceptors (Lipinski definition) is 6. The van der Waals surface area contributed by atoms with Crippen LogP contribution in [0.2, 0.25) is 5.02 Å². The predicted molar refractivity (Wildman–Crippen MR) is 128 cm³/mol. The van der Waals surface area contributed by atoms with Gasteiger partial charge in [0.05, 0.1) is 30.6 Å². The van der Waals surface area contributed by atoms with E-state index in [-0.39, 0.29) is 24.5 Å². The van der Waals surface area contributed by atoms with Crippen LogP contribution in [0.4, 0.5) is 5.69 Å². The molecule has 0 fully saturated rings. The fourth-order valence-electron chi connectivity index (χ4n) is 3.14. The number of hydrogen-bond donors (Lipinski definition) is 2. The number of fused-ring (bicyclic) bond motifs is 3. The second kappa shape index (κ2) is 8.82. The summed E-state index contributed by atoms with van der Waals surface area (Å²) in [5.41, 5.74) is 1.74. The molecule has 2 aromatic carbocycles. The van der Waals surface area contributed by atoms with Gasteiger partial charge >= 0.3 is 0 Å². The summed E-state index contributed by atoms with van der Waals surface area (Å²) in [4.78, 5) is 29.4. The molecule has 0 radical (unpaired) electrons. The lowest BCUT2D eigenvalue weighted by Crippen LogP contribution is -2.30. The second-order valence-corrected chi connectivity index (χ2v) is 9.84. The van der Waals surface area contributed by atoms with E-state index in [0.717, 1.165) is 25.3 Å². The van der Waals surface area contributed by atoms with Gasteiger partial charge in [-0.2, -0.15) is 0 Å². The van der Waals surface area contributed by atoms with Crippen molar-refractivity contribution in [1.82, 2.24) is 10.3 Å². The average molecular weight is 474 g/mol. The number of aryl methyl sites for hydroxylation is 1. The summed E-state index contributed by atoms with van der Waals surface area (Å²) in [6.45, 7) is 5.54. The van der Waals surface area contributed by atoms with E-state index in [1.807, 2.05) is 38.3 Å². The van der Waals surface area contributed by atoms with Crippen LogP contribution in [0.5, 0.6) is 5.75 Å². The van der Waals surface area contributed by atoms with E-state index < -0.39 is 0 Å². The average Bonchev–Trinajstić information content (AvgIpc) is 3.33. The molecule has 0 saturated heterocycles. The maximum absolute atomic E-state index is 12.5. The molecule has 6 nitrogen and oxygen atoms in total. The molecule has 0 unspecified atom stereocenters. The highest BCUT2D eigenvalue weighted by Crippen LogP contribution is 2.38. The Bertz CT molecular complexity index is 1300. The third kappa shape index (κ3) is 4.66. The Kier molecular flexibility index (Phi) is 6.13. The van der Waals surface area contributed by atoms with Gasteiger partial charge in [0.1, 0.15) is 5.75 Å². The number of rotatable bonds is 6. The first-order valence-corrected chi connectivity index (χ1v) is 11.7. The second-order valence-electron chi connectivity index (χ2n) is 7.28. The predicted octanol–water partition coefficient (Wildman–Crippen LogP) is 5.63. The molecular formula is C22H20ClN3O3S2. The summed E-state index contributed by atoms with van der Waals surface area (Å²) in [6.07, 6.45) is 0. The number of aromatic nitrogens is 1. The highest BCUT2D eigenvalue weighted by molar-refractivity contribution is 7.21. The molecule has 0 bridgehead atoms. The molecule has 0 aliphatic heterocycles. The van der Waals surface area contributed by atoms with Crippen molar-refractivity contribution >= 4 is 72.1 Å². The zero-order chi connectivity index (χ0) is 22.1. The van der Waals surface area contributed by atoms with E-state index in [4.69, 9.17) is 16.3 Å². The Morgan fingerprint density at radius 3 is 2.81 bits per heavy atom. The van der Waals surface area contributed by atoms with Crippen molar-refractivity contribution in [2.75, 3.05) is 11.9 Å². The molecule has 31 heavy (non-hydrogen) atoms. The topological polar surface area (TPSA) is 80.3 Å². The van der Waals surface area contributed by atoms with Gasteiger partial charge in [0.25, 0.3) is 11.8 Å². The number of benzene rings is 2. The van der Waals surface area contributed by atoms with Gasteiger partial charge in [-0.05, 0) is 50.4 Å². The van der Waals surface area contributed by atoms with Crippen molar-refractivity contribution in [2.45, 2.75) is 26.8 Å². The van der Waals surface area contributed by atoms with Gasteiger partial charge in [0, 0.05) is 23.1 Å². The van der Waals surface area contributed by atoms with Crippen LogP contribution in [0, 0.1) is 6.92 Å². The number of nitrogens with zero attached hydrogens (tertiary/aromatic N) is 1. The molecule has 0 spiro atoms. The maximum atomic E-state index is 12.5. The zero-order valence-electron chi connectivity index (χ0n) is 17.1. The van der Waals surface area contributed by atoms with Gasteiger partial charge in [-0.15, -0.1) is 22.7 Å². The summed E-state index contributed by atoms with van der Waals surface area (Å²) in [6, 6.07) is 8.65. The largest absolute Gasteiger partial charge is 0.483 e. The smallest absolute Gasteiger partial charge is 0.262 e. The van der Waals surface area contributed by atoms with Gasteiger partial charge in [-0.25, -0.2) is 4.98 Å². The van der Waals surface area contributed by atoms with E-state index in [9.17, 15) is 9.59 Å². The number of carbonyl (C=O) groups is 2. The summed E-state index contributed by atoms with van der Waals surface area (Å²) in [5, 5.41) is 9.79. The van der Waals surface area contributed by atoms with Crippen LogP contribution in [0.1, 0.15) is 29.2 Å². The minimum absolute atomic E-state index is 0.00299. The lowest BCUT2D eigenvalue weighted by atomic mass is 10.1. The Morgan fingerprint density at radius 1 is 1.23 bits per heavy atom. The van der Waals surface area contributed by atoms with Crippen LogP contribution in [-0.4, -0.2) is 29.4 Å². The molecule has 4 rings (SSSR count). The number of thiophene rings is 1. The molecular weight excluding hydrogens is 454 g/mol. The highest BCUT2D eigenvalue weighted by atomic mass is 35.5. The Balaban J connectivity index is 1.50. The summed E-state index contributed by atoms with van der Waals surface area (Å²) >= 11 is 9.40. The van der Waals surface area contributed by atoms with Gasteiger partial charge in [-0.1, -0.05) is 11.6 Å².